The van der Waals surface area contributed by atoms with Crippen LogP contribution in [0.2, 0.25) is 0 Å². The van der Waals surface area contributed by atoms with Crippen LogP contribution in [0.3, 0.4) is 0 Å². The van der Waals surface area contributed by atoms with E-state index in [0.717, 1.165) is 0 Å². The molecular weight excluding hydrogens is 352 g/mol. The van der Waals surface area contributed by atoms with E-state index in [1.165, 1.54) is 16.4 Å². The van der Waals surface area contributed by atoms with Crippen LogP contribution in [0.15, 0.2) is 29.2 Å². The predicted octanol–water partition coefficient (Wildman–Crippen LogP) is 2.18. The molecule has 0 saturated heterocycles. The van der Waals surface area contributed by atoms with E-state index in [1.54, 1.807) is 32.9 Å². The van der Waals surface area contributed by atoms with Crippen molar-refractivity contribution in [3.05, 3.63) is 24.3 Å². The average molecular weight is 381 g/mol. The monoisotopic (exact) mass is 380 g/mol. The van der Waals surface area contributed by atoms with Crippen molar-refractivity contribution in [2.24, 2.45) is 5.92 Å². The maximum absolute atomic E-state index is 12.6. The molecule has 7 nitrogen and oxygen atoms in total. The number of carbonyl (C=O) groups excluding carboxylic acids is 1. The third-order valence-electron chi connectivity index (χ3n) is 4.42. The lowest BCUT2D eigenvalue weighted by molar-refractivity contribution is -0.121. The van der Waals surface area contributed by atoms with Crippen molar-refractivity contribution in [3.63, 3.8) is 0 Å². The van der Waals surface area contributed by atoms with Crippen LogP contribution in [-0.4, -0.2) is 43.8 Å². The molecule has 26 heavy (non-hydrogen) atoms. The molecule has 0 aliphatic heterocycles. The van der Waals surface area contributed by atoms with Gasteiger partial charge in [-0.25, -0.2) is 8.42 Å². The van der Waals surface area contributed by atoms with E-state index in [2.05, 4.69) is 16.7 Å². The molecule has 0 aromatic heterocycles. The van der Waals surface area contributed by atoms with Crippen molar-refractivity contribution in [3.8, 4) is 6.07 Å². The molecule has 0 fully saturated rings. The third-order valence-corrected chi connectivity index (χ3v) is 6.46. The van der Waals surface area contributed by atoms with Crippen LogP contribution in [-0.2, 0) is 14.8 Å². The lowest BCUT2D eigenvalue weighted by Crippen LogP contribution is -2.50. The molecule has 1 aromatic rings. The topological polar surface area (TPSA) is 102 Å². The Balaban J connectivity index is 2.85. The fourth-order valence-electron chi connectivity index (χ4n) is 2.30. The Hall–Kier alpha value is -2.11. The van der Waals surface area contributed by atoms with Crippen LogP contribution in [0.25, 0.3) is 0 Å². The Morgan fingerprint density at radius 2 is 1.92 bits per heavy atom. The smallest absolute Gasteiger partial charge is 0.243 e. The van der Waals surface area contributed by atoms with Gasteiger partial charge in [0.2, 0.25) is 15.9 Å². The molecule has 0 aliphatic carbocycles. The highest BCUT2D eigenvalue weighted by Gasteiger charge is 2.29. The lowest BCUT2D eigenvalue weighted by atomic mass is 9.90. The molecule has 144 valence electrons. The van der Waals surface area contributed by atoms with Gasteiger partial charge in [0, 0.05) is 18.8 Å². The van der Waals surface area contributed by atoms with Crippen LogP contribution in [0.1, 0.15) is 34.6 Å². The molecule has 0 aliphatic rings. The van der Waals surface area contributed by atoms with E-state index in [-0.39, 0.29) is 23.3 Å². The van der Waals surface area contributed by atoms with Gasteiger partial charge in [0.15, 0.2) is 0 Å². The zero-order chi connectivity index (χ0) is 20.0. The van der Waals surface area contributed by atoms with Crippen molar-refractivity contribution in [1.29, 1.82) is 5.26 Å². The number of hydrogen-bond acceptors (Lipinski definition) is 5. The zero-order valence-electron chi connectivity index (χ0n) is 16.0. The van der Waals surface area contributed by atoms with Gasteiger partial charge in [-0.2, -0.15) is 9.57 Å². The predicted molar refractivity (Wildman–Crippen MR) is 102 cm³/mol. The number of hydrogen-bond donors (Lipinski definition) is 2. The number of benzene rings is 1. The maximum atomic E-state index is 12.6. The second-order valence-electron chi connectivity index (χ2n) is 6.49. The van der Waals surface area contributed by atoms with Gasteiger partial charge in [0.25, 0.3) is 0 Å². The van der Waals surface area contributed by atoms with Crippen LogP contribution < -0.4 is 10.6 Å². The third kappa shape index (κ3) is 5.19. The molecule has 8 heteroatoms. The van der Waals surface area contributed by atoms with Crippen LogP contribution in [0.4, 0.5) is 5.69 Å². The average Bonchev–Trinajstić information content (AvgIpc) is 2.60. The first kappa shape index (κ1) is 21.9. The minimum atomic E-state index is -3.56. The summed E-state index contributed by atoms with van der Waals surface area (Å²) in [5.74, 6) is -0.376. The molecule has 0 spiro atoms. The molecule has 1 unspecified atom stereocenters. The number of nitrogens with one attached hydrogen (secondary N) is 2. The Bertz CT molecular complexity index is 767. The van der Waals surface area contributed by atoms with E-state index >= 15 is 0 Å². The van der Waals surface area contributed by atoms with Crippen molar-refractivity contribution >= 4 is 21.6 Å². The van der Waals surface area contributed by atoms with E-state index in [1.807, 2.05) is 13.8 Å². The quantitative estimate of drug-likeness (QED) is 0.684. The number of nitrogens with zero attached hydrogens (tertiary/aromatic N) is 2. The fraction of sp³-hybridized carbons (Fsp3) is 0.556. The lowest BCUT2D eigenvalue weighted by Gasteiger charge is -2.27. The minimum Gasteiger partial charge on any atom is -0.376 e. The summed E-state index contributed by atoms with van der Waals surface area (Å²) < 4.78 is 26.5. The molecule has 0 heterocycles. The summed E-state index contributed by atoms with van der Waals surface area (Å²) in [6.45, 7) is 9.69. The number of sulfonamides is 1. The molecule has 1 atom stereocenters. The van der Waals surface area contributed by atoms with Gasteiger partial charge in [0.05, 0.1) is 17.5 Å². The first-order valence-corrected chi connectivity index (χ1v) is 10.1. The van der Waals surface area contributed by atoms with E-state index in [9.17, 15) is 18.5 Å². The van der Waals surface area contributed by atoms with Crippen LogP contribution in [0.5, 0.6) is 0 Å². The minimum absolute atomic E-state index is 0.0426. The van der Waals surface area contributed by atoms with Gasteiger partial charge >= 0.3 is 0 Å². The summed E-state index contributed by atoms with van der Waals surface area (Å²) in [6.07, 6.45) is 0. The standard InChI is InChI=1S/C18H28N4O3S/c1-6-22(7-2)26(24,25)16-10-8-9-15(11-16)20-12-17(23)21-18(5,13-19)14(3)4/h8-11,14,20H,6-7,12H2,1-5H3,(H,21,23). The number of rotatable bonds is 9. The summed E-state index contributed by atoms with van der Waals surface area (Å²) in [5, 5.41) is 14.9. The summed E-state index contributed by atoms with van der Waals surface area (Å²) >= 11 is 0. The van der Waals surface area contributed by atoms with E-state index in [4.69, 9.17) is 0 Å². The van der Waals surface area contributed by atoms with Crippen molar-refractivity contribution in [2.75, 3.05) is 25.0 Å². The molecule has 2 N–H and O–H groups in total. The molecule has 0 saturated carbocycles. The van der Waals surface area contributed by atoms with Crippen molar-refractivity contribution < 1.29 is 13.2 Å². The molecule has 1 aromatic carbocycles. The van der Waals surface area contributed by atoms with Gasteiger partial charge in [-0.3, -0.25) is 4.79 Å². The Morgan fingerprint density at radius 1 is 1.31 bits per heavy atom. The van der Waals surface area contributed by atoms with Gasteiger partial charge in [-0.1, -0.05) is 33.8 Å². The second-order valence-corrected chi connectivity index (χ2v) is 8.43. The van der Waals surface area contributed by atoms with E-state index in [0.29, 0.717) is 18.8 Å². The summed E-state index contributed by atoms with van der Waals surface area (Å²) in [5.41, 5.74) is -0.427. The van der Waals surface area contributed by atoms with Gasteiger partial charge in [-0.15, -0.1) is 0 Å². The first-order chi connectivity index (χ1) is 12.1. The summed E-state index contributed by atoms with van der Waals surface area (Å²) in [7, 11) is -3.56. The van der Waals surface area contributed by atoms with Crippen LogP contribution >= 0.6 is 0 Å². The highest BCUT2D eigenvalue weighted by Crippen LogP contribution is 2.19. The summed E-state index contributed by atoms with van der Waals surface area (Å²) in [6, 6.07) is 8.48. The van der Waals surface area contributed by atoms with Crippen molar-refractivity contribution in [1.82, 2.24) is 9.62 Å². The second kappa shape index (κ2) is 9.01. The molecule has 0 bridgehead atoms. The highest BCUT2D eigenvalue weighted by molar-refractivity contribution is 7.89. The maximum Gasteiger partial charge on any atom is 0.243 e. The SMILES string of the molecule is CCN(CC)S(=O)(=O)c1cccc(NCC(=O)NC(C)(C#N)C(C)C)c1. The first-order valence-electron chi connectivity index (χ1n) is 8.67. The molecule has 0 radical (unpaired) electrons. The Labute approximate surface area is 156 Å². The Kier molecular flexibility index (Phi) is 7.60. The van der Waals surface area contributed by atoms with E-state index < -0.39 is 15.6 Å². The number of nitriles is 1. The van der Waals surface area contributed by atoms with Gasteiger partial charge in [-0.05, 0) is 31.0 Å². The van der Waals surface area contributed by atoms with Gasteiger partial charge < -0.3 is 10.6 Å². The molecular formula is C18H28N4O3S. The number of amides is 1. The normalized spacial score (nSPS) is 13.9. The fourth-order valence-corrected chi connectivity index (χ4v) is 3.80. The summed E-state index contributed by atoms with van der Waals surface area (Å²) in [4.78, 5) is 12.3. The number of anilines is 1. The zero-order valence-corrected chi connectivity index (χ0v) is 16.9. The molecule has 1 amide bonds. The number of carbonyl (C=O) groups is 1. The van der Waals surface area contributed by atoms with Crippen LogP contribution in [0, 0.1) is 17.2 Å². The van der Waals surface area contributed by atoms with Gasteiger partial charge in [0.1, 0.15) is 5.54 Å². The van der Waals surface area contributed by atoms with Crippen molar-refractivity contribution in [2.45, 2.75) is 45.1 Å². The Morgan fingerprint density at radius 3 is 2.42 bits per heavy atom. The molecule has 1 rings (SSSR count). The highest BCUT2D eigenvalue weighted by atomic mass is 32.2. The largest absolute Gasteiger partial charge is 0.376 e.